The van der Waals surface area contributed by atoms with Crippen molar-refractivity contribution in [3.8, 4) is 5.75 Å². The van der Waals surface area contributed by atoms with E-state index in [0.717, 1.165) is 11.3 Å². The van der Waals surface area contributed by atoms with E-state index >= 15 is 0 Å². The van der Waals surface area contributed by atoms with Crippen LogP contribution in [0.15, 0.2) is 54.6 Å². The van der Waals surface area contributed by atoms with Crippen LogP contribution in [0.25, 0.3) is 0 Å². The molecule has 0 aromatic heterocycles. The van der Waals surface area contributed by atoms with Crippen LogP contribution in [0.5, 0.6) is 5.75 Å². The van der Waals surface area contributed by atoms with Gasteiger partial charge in [-0.25, -0.2) is 0 Å². The number of carbonyl (C=O) groups excluding carboxylic acids is 2. The molecule has 0 heterocycles. The molecule has 2 amide bonds. The lowest BCUT2D eigenvalue weighted by Crippen LogP contribution is -2.57. The summed E-state index contributed by atoms with van der Waals surface area (Å²) in [6.45, 7) is 1.67. The maximum absolute atomic E-state index is 12.1. The minimum absolute atomic E-state index is 0.308. The fraction of sp³-hybridized carbons (Fsp3) is 0.263. The minimum atomic E-state index is -1.15. The van der Waals surface area contributed by atoms with Crippen molar-refractivity contribution >= 4 is 11.8 Å². The molecule has 0 saturated heterocycles. The molecule has 6 heteroatoms. The average Bonchev–Trinajstić information content (AvgIpc) is 2.61. The standard InChI is InChI=1S/C19H23N3O3/c1-19(18(21)24,12-13-8-10-15(25-2)11-9-13)22-16(17(20)23)14-6-4-3-5-7-14/h3-11,16,22H,12H2,1-2H3,(H2,20,23)(H2,21,24)/t16-,19?/m1/s1. The van der Waals surface area contributed by atoms with Gasteiger partial charge in [-0.3, -0.25) is 14.9 Å². The highest BCUT2D eigenvalue weighted by atomic mass is 16.5. The summed E-state index contributed by atoms with van der Waals surface area (Å²) >= 11 is 0. The largest absolute Gasteiger partial charge is 0.497 e. The van der Waals surface area contributed by atoms with E-state index in [1.165, 1.54) is 0 Å². The number of nitrogens with two attached hydrogens (primary N) is 2. The first kappa shape index (κ1) is 18.5. The first-order valence-corrected chi connectivity index (χ1v) is 7.90. The molecule has 2 rings (SSSR count). The molecule has 0 aliphatic rings. The molecule has 0 saturated carbocycles. The Balaban J connectivity index is 2.27. The molecule has 1 unspecified atom stereocenters. The Labute approximate surface area is 147 Å². The van der Waals surface area contributed by atoms with Crippen molar-refractivity contribution in [1.82, 2.24) is 5.32 Å². The van der Waals surface area contributed by atoms with E-state index in [4.69, 9.17) is 16.2 Å². The molecule has 2 aromatic carbocycles. The van der Waals surface area contributed by atoms with E-state index in [1.54, 1.807) is 50.4 Å². The van der Waals surface area contributed by atoms with Gasteiger partial charge in [-0.2, -0.15) is 0 Å². The lowest BCUT2D eigenvalue weighted by Gasteiger charge is -2.31. The van der Waals surface area contributed by atoms with Gasteiger partial charge in [0.1, 0.15) is 11.8 Å². The van der Waals surface area contributed by atoms with E-state index in [9.17, 15) is 9.59 Å². The first-order valence-electron chi connectivity index (χ1n) is 7.90. The number of rotatable bonds is 8. The first-order chi connectivity index (χ1) is 11.9. The average molecular weight is 341 g/mol. The Bertz CT molecular complexity index is 731. The van der Waals surface area contributed by atoms with Crippen LogP contribution in [0, 0.1) is 0 Å². The third kappa shape index (κ3) is 4.58. The number of hydrogen-bond donors (Lipinski definition) is 3. The van der Waals surface area contributed by atoms with Crippen molar-refractivity contribution in [3.63, 3.8) is 0 Å². The molecule has 0 aliphatic heterocycles. The molecule has 2 aromatic rings. The fourth-order valence-corrected chi connectivity index (χ4v) is 2.64. The molecule has 6 nitrogen and oxygen atoms in total. The normalized spacial score (nSPS) is 14.3. The molecule has 0 fully saturated rings. The van der Waals surface area contributed by atoms with Gasteiger partial charge in [-0.05, 0) is 36.6 Å². The molecule has 132 valence electrons. The van der Waals surface area contributed by atoms with Gasteiger partial charge in [0.15, 0.2) is 0 Å². The second kappa shape index (κ2) is 7.81. The summed E-state index contributed by atoms with van der Waals surface area (Å²) in [5.41, 5.74) is 11.6. The fourth-order valence-electron chi connectivity index (χ4n) is 2.64. The molecule has 0 radical (unpaired) electrons. The Kier molecular flexibility index (Phi) is 5.77. The summed E-state index contributed by atoms with van der Waals surface area (Å²) < 4.78 is 5.13. The van der Waals surface area contributed by atoms with Crippen LogP contribution < -0.4 is 21.5 Å². The lowest BCUT2D eigenvalue weighted by molar-refractivity contribution is -0.126. The van der Waals surface area contributed by atoms with Crippen molar-refractivity contribution < 1.29 is 14.3 Å². The third-order valence-corrected chi connectivity index (χ3v) is 4.14. The van der Waals surface area contributed by atoms with Gasteiger partial charge in [0, 0.05) is 0 Å². The topological polar surface area (TPSA) is 107 Å². The van der Waals surface area contributed by atoms with Crippen molar-refractivity contribution in [2.24, 2.45) is 11.5 Å². The Morgan fingerprint density at radius 3 is 2.16 bits per heavy atom. The summed E-state index contributed by atoms with van der Waals surface area (Å²) in [5.74, 6) is -0.421. The van der Waals surface area contributed by atoms with Crippen LogP contribution in [0.1, 0.15) is 24.1 Å². The second-order valence-corrected chi connectivity index (χ2v) is 6.11. The maximum atomic E-state index is 12.1. The van der Waals surface area contributed by atoms with E-state index < -0.39 is 23.4 Å². The highest BCUT2D eigenvalue weighted by Gasteiger charge is 2.35. The minimum Gasteiger partial charge on any atom is -0.497 e. The molecule has 25 heavy (non-hydrogen) atoms. The van der Waals surface area contributed by atoms with Gasteiger partial charge in [0.05, 0.1) is 12.6 Å². The molecular formula is C19H23N3O3. The summed E-state index contributed by atoms with van der Waals surface area (Å²) in [6, 6.07) is 15.5. The zero-order valence-corrected chi connectivity index (χ0v) is 14.4. The van der Waals surface area contributed by atoms with Crippen molar-refractivity contribution in [3.05, 3.63) is 65.7 Å². The second-order valence-electron chi connectivity index (χ2n) is 6.11. The van der Waals surface area contributed by atoms with E-state index in [0.29, 0.717) is 12.0 Å². The van der Waals surface area contributed by atoms with E-state index in [2.05, 4.69) is 5.32 Å². The summed E-state index contributed by atoms with van der Waals surface area (Å²) in [6.07, 6.45) is 0.308. The van der Waals surface area contributed by atoms with Gasteiger partial charge in [0.2, 0.25) is 11.8 Å². The molecule has 0 bridgehead atoms. The third-order valence-electron chi connectivity index (χ3n) is 4.14. The summed E-state index contributed by atoms with van der Waals surface area (Å²) in [5, 5.41) is 3.04. The van der Waals surface area contributed by atoms with Crippen LogP contribution in [-0.2, 0) is 16.0 Å². The van der Waals surface area contributed by atoms with Crippen LogP contribution in [0.3, 0.4) is 0 Å². The van der Waals surface area contributed by atoms with Crippen LogP contribution in [0.4, 0.5) is 0 Å². The predicted octanol–water partition coefficient (Wildman–Crippen LogP) is 1.30. The molecule has 2 atom stereocenters. The Morgan fingerprint density at radius 2 is 1.68 bits per heavy atom. The number of methoxy groups -OCH3 is 1. The van der Waals surface area contributed by atoms with Gasteiger partial charge < -0.3 is 16.2 Å². The Morgan fingerprint density at radius 1 is 1.08 bits per heavy atom. The summed E-state index contributed by atoms with van der Waals surface area (Å²) in [4.78, 5) is 24.0. The van der Waals surface area contributed by atoms with Crippen LogP contribution >= 0.6 is 0 Å². The zero-order chi connectivity index (χ0) is 18.4. The number of carbonyl (C=O) groups is 2. The smallest absolute Gasteiger partial charge is 0.239 e. The van der Waals surface area contributed by atoms with E-state index in [-0.39, 0.29) is 0 Å². The molecular weight excluding hydrogens is 318 g/mol. The van der Waals surface area contributed by atoms with Crippen LogP contribution in [-0.4, -0.2) is 24.5 Å². The highest BCUT2D eigenvalue weighted by molar-refractivity contribution is 5.87. The number of nitrogens with one attached hydrogen (secondary N) is 1. The molecule has 0 aliphatic carbocycles. The van der Waals surface area contributed by atoms with Crippen molar-refractivity contribution in [2.45, 2.75) is 24.9 Å². The number of benzene rings is 2. The Hall–Kier alpha value is -2.86. The monoisotopic (exact) mass is 341 g/mol. The van der Waals surface area contributed by atoms with Gasteiger partial charge >= 0.3 is 0 Å². The summed E-state index contributed by atoms with van der Waals surface area (Å²) in [7, 11) is 1.58. The maximum Gasteiger partial charge on any atom is 0.239 e. The zero-order valence-electron chi connectivity index (χ0n) is 14.4. The predicted molar refractivity (Wildman–Crippen MR) is 95.8 cm³/mol. The highest BCUT2D eigenvalue weighted by Crippen LogP contribution is 2.22. The van der Waals surface area contributed by atoms with Crippen molar-refractivity contribution in [2.75, 3.05) is 7.11 Å². The van der Waals surface area contributed by atoms with Crippen molar-refractivity contribution in [1.29, 1.82) is 0 Å². The molecule has 0 spiro atoms. The van der Waals surface area contributed by atoms with E-state index in [1.807, 2.05) is 18.2 Å². The number of amides is 2. The number of hydrogen-bond acceptors (Lipinski definition) is 4. The van der Waals surface area contributed by atoms with Gasteiger partial charge in [0.25, 0.3) is 0 Å². The molecule has 5 N–H and O–H groups in total. The van der Waals surface area contributed by atoms with Crippen LogP contribution in [0.2, 0.25) is 0 Å². The quantitative estimate of drug-likeness (QED) is 0.672. The van der Waals surface area contributed by atoms with Gasteiger partial charge in [-0.1, -0.05) is 42.5 Å². The number of ether oxygens (including phenoxy) is 1. The SMILES string of the molecule is COc1ccc(CC(C)(N[C@@H](C(N)=O)c2ccccc2)C(N)=O)cc1. The number of primary amides is 2. The van der Waals surface area contributed by atoms with Gasteiger partial charge in [-0.15, -0.1) is 0 Å². The lowest BCUT2D eigenvalue weighted by atomic mass is 9.89.